The Bertz CT molecular complexity index is 513. The fraction of sp³-hybridized carbons (Fsp3) is 0.250. The molecule has 0 radical (unpaired) electrons. The minimum atomic E-state index is -0.508. The number of nitrogens with zero attached hydrogens (tertiary/aromatic N) is 1. The fourth-order valence-electron chi connectivity index (χ4n) is 1.43. The van der Waals surface area contributed by atoms with Crippen LogP contribution in [0.4, 0.5) is 4.39 Å². The van der Waals surface area contributed by atoms with E-state index in [0.717, 1.165) is 12.2 Å². The number of hydrogen-bond donors (Lipinski definition) is 1. The molecule has 1 N–H and O–H groups in total. The fourth-order valence-corrected chi connectivity index (χ4v) is 1.61. The van der Waals surface area contributed by atoms with Crippen LogP contribution in [0.25, 0.3) is 11.5 Å². The van der Waals surface area contributed by atoms with E-state index < -0.39 is 5.82 Å². The maximum atomic E-state index is 13.7. The van der Waals surface area contributed by atoms with Gasteiger partial charge < -0.3 is 9.73 Å². The Hall–Kier alpha value is -1.39. The van der Waals surface area contributed by atoms with E-state index in [-0.39, 0.29) is 16.5 Å². The van der Waals surface area contributed by atoms with Crippen molar-refractivity contribution in [2.24, 2.45) is 0 Å². The average molecular weight is 255 g/mol. The Kier molecular flexibility index (Phi) is 3.76. The molecule has 1 aromatic carbocycles. The number of halogens is 2. The van der Waals surface area contributed by atoms with E-state index >= 15 is 0 Å². The molecule has 0 spiro atoms. The van der Waals surface area contributed by atoms with Crippen LogP contribution in [-0.4, -0.2) is 11.5 Å². The van der Waals surface area contributed by atoms with Gasteiger partial charge in [-0.3, -0.25) is 0 Å². The molecule has 90 valence electrons. The molecule has 3 nitrogen and oxygen atoms in total. The summed E-state index contributed by atoms with van der Waals surface area (Å²) in [7, 11) is 0. The first-order chi connectivity index (χ1) is 8.22. The Morgan fingerprint density at radius 2 is 2.29 bits per heavy atom. The van der Waals surface area contributed by atoms with Crippen molar-refractivity contribution in [2.75, 3.05) is 6.54 Å². The highest BCUT2D eigenvalue weighted by atomic mass is 35.5. The standard InChI is InChI=1S/C12H12ClFN2O/c1-2-15-6-8-7-17-12(16-8)9-4-3-5-10(13)11(9)14/h3-5,7,15H,2,6H2,1H3. The molecule has 0 saturated heterocycles. The van der Waals surface area contributed by atoms with Gasteiger partial charge in [0.05, 0.1) is 16.3 Å². The highest BCUT2D eigenvalue weighted by molar-refractivity contribution is 6.31. The van der Waals surface area contributed by atoms with Crippen LogP contribution >= 0.6 is 11.6 Å². The van der Waals surface area contributed by atoms with Gasteiger partial charge in [-0.2, -0.15) is 0 Å². The molecule has 0 unspecified atom stereocenters. The second-order valence-corrected chi connectivity index (χ2v) is 3.93. The van der Waals surface area contributed by atoms with Gasteiger partial charge in [0.2, 0.25) is 5.89 Å². The second-order valence-electron chi connectivity index (χ2n) is 3.53. The second kappa shape index (κ2) is 5.29. The molecule has 0 amide bonds. The molecule has 0 saturated carbocycles. The van der Waals surface area contributed by atoms with Gasteiger partial charge in [0.15, 0.2) is 5.82 Å². The highest BCUT2D eigenvalue weighted by Gasteiger charge is 2.13. The third-order valence-electron chi connectivity index (χ3n) is 2.29. The normalized spacial score (nSPS) is 10.8. The lowest BCUT2D eigenvalue weighted by Crippen LogP contribution is -2.11. The molecule has 2 rings (SSSR count). The predicted octanol–water partition coefficient (Wildman–Crippen LogP) is 3.24. The van der Waals surface area contributed by atoms with Crippen molar-refractivity contribution in [3.05, 3.63) is 41.0 Å². The van der Waals surface area contributed by atoms with Crippen LogP contribution in [0.3, 0.4) is 0 Å². The molecule has 0 aliphatic carbocycles. The summed E-state index contributed by atoms with van der Waals surface area (Å²) < 4.78 is 18.9. The predicted molar refractivity (Wildman–Crippen MR) is 64.3 cm³/mol. The number of benzene rings is 1. The summed E-state index contributed by atoms with van der Waals surface area (Å²) in [6.45, 7) is 3.44. The molecule has 1 aromatic heterocycles. The molecule has 0 bridgehead atoms. The van der Waals surface area contributed by atoms with Gasteiger partial charge in [-0.15, -0.1) is 0 Å². The van der Waals surface area contributed by atoms with Gasteiger partial charge in [0.1, 0.15) is 6.26 Å². The molecule has 17 heavy (non-hydrogen) atoms. The molecule has 0 aliphatic heterocycles. The van der Waals surface area contributed by atoms with Crippen molar-refractivity contribution in [3.63, 3.8) is 0 Å². The smallest absolute Gasteiger partial charge is 0.229 e. The Morgan fingerprint density at radius 3 is 3.06 bits per heavy atom. The first kappa shape index (κ1) is 12.1. The summed E-state index contributed by atoms with van der Waals surface area (Å²) in [6, 6.07) is 4.74. The van der Waals surface area contributed by atoms with Gasteiger partial charge in [-0.25, -0.2) is 9.37 Å². The van der Waals surface area contributed by atoms with Crippen molar-refractivity contribution < 1.29 is 8.81 Å². The molecular weight excluding hydrogens is 243 g/mol. The number of hydrogen-bond acceptors (Lipinski definition) is 3. The number of aromatic nitrogens is 1. The topological polar surface area (TPSA) is 38.1 Å². The molecular formula is C12H12ClFN2O. The van der Waals surface area contributed by atoms with Crippen LogP contribution in [0.1, 0.15) is 12.6 Å². The number of oxazole rings is 1. The van der Waals surface area contributed by atoms with Crippen molar-refractivity contribution >= 4 is 11.6 Å². The Balaban J connectivity index is 2.27. The van der Waals surface area contributed by atoms with Crippen LogP contribution in [0.5, 0.6) is 0 Å². The number of rotatable bonds is 4. The van der Waals surface area contributed by atoms with E-state index in [2.05, 4.69) is 10.3 Å². The molecule has 0 atom stereocenters. The van der Waals surface area contributed by atoms with Crippen molar-refractivity contribution in [1.29, 1.82) is 0 Å². The quantitative estimate of drug-likeness (QED) is 0.910. The SMILES string of the molecule is CCNCc1coc(-c2cccc(Cl)c2F)n1. The largest absolute Gasteiger partial charge is 0.444 e. The van der Waals surface area contributed by atoms with Gasteiger partial charge in [-0.1, -0.05) is 24.6 Å². The minimum absolute atomic E-state index is 0.0638. The summed E-state index contributed by atoms with van der Waals surface area (Å²) in [5.41, 5.74) is 1.02. The van der Waals surface area contributed by atoms with Gasteiger partial charge in [0, 0.05) is 6.54 Å². The van der Waals surface area contributed by atoms with Crippen LogP contribution in [0.2, 0.25) is 5.02 Å². The van der Waals surface area contributed by atoms with Gasteiger partial charge in [-0.05, 0) is 18.7 Å². The van der Waals surface area contributed by atoms with Gasteiger partial charge in [0.25, 0.3) is 0 Å². The zero-order valence-corrected chi connectivity index (χ0v) is 10.1. The van der Waals surface area contributed by atoms with Crippen LogP contribution in [-0.2, 0) is 6.54 Å². The molecule has 1 heterocycles. The highest BCUT2D eigenvalue weighted by Crippen LogP contribution is 2.26. The number of nitrogens with one attached hydrogen (secondary N) is 1. The average Bonchev–Trinajstić information content (AvgIpc) is 2.78. The Labute approximate surface area is 104 Å². The maximum Gasteiger partial charge on any atom is 0.229 e. The lowest BCUT2D eigenvalue weighted by atomic mass is 10.2. The lowest BCUT2D eigenvalue weighted by molar-refractivity contribution is 0.559. The van der Waals surface area contributed by atoms with E-state index in [9.17, 15) is 4.39 Å². The summed E-state index contributed by atoms with van der Waals surface area (Å²) in [5, 5.41) is 3.18. The monoisotopic (exact) mass is 254 g/mol. The summed E-state index contributed by atoms with van der Waals surface area (Å²) in [4.78, 5) is 4.19. The molecule has 0 aliphatic rings. The zero-order valence-electron chi connectivity index (χ0n) is 9.34. The van der Waals surface area contributed by atoms with E-state index in [1.807, 2.05) is 6.92 Å². The zero-order chi connectivity index (χ0) is 12.3. The summed E-state index contributed by atoms with van der Waals surface area (Å²) in [5.74, 6) is -0.260. The Morgan fingerprint density at radius 1 is 1.47 bits per heavy atom. The van der Waals surface area contributed by atoms with Crippen LogP contribution in [0, 0.1) is 5.82 Å². The van der Waals surface area contributed by atoms with Crippen molar-refractivity contribution in [2.45, 2.75) is 13.5 Å². The van der Waals surface area contributed by atoms with Crippen molar-refractivity contribution in [1.82, 2.24) is 10.3 Å². The third-order valence-corrected chi connectivity index (χ3v) is 2.58. The first-order valence-electron chi connectivity index (χ1n) is 5.32. The van der Waals surface area contributed by atoms with E-state index in [4.69, 9.17) is 16.0 Å². The van der Waals surface area contributed by atoms with Crippen LogP contribution < -0.4 is 5.32 Å². The van der Waals surface area contributed by atoms with E-state index in [0.29, 0.717) is 6.54 Å². The summed E-state index contributed by atoms with van der Waals surface area (Å²) >= 11 is 5.70. The minimum Gasteiger partial charge on any atom is -0.444 e. The van der Waals surface area contributed by atoms with E-state index in [1.54, 1.807) is 12.1 Å². The third kappa shape index (κ3) is 2.65. The molecule has 5 heteroatoms. The molecule has 0 fully saturated rings. The van der Waals surface area contributed by atoms with Crippen molar-refractivity contribution in [3.8, 4) is 11.5 Å². The first-order valence-corrected chi connectivity index (χ1v) is 5.69. The van der Waals surface area contributed by atoms with Gasteiger partial charge >= 0.3 is 0 Å². The molecule has 2 aromatic rings. The van der Waals surface area contributed by atoms with E-state index in [1.165, 1.54) is 12.3 Å². The lowest BCUT2D eigenvalue weighted by Gasteiger charge is -1.99. The summed E-state index contributed by atoms with van der Waals surface area (Å²) in [6.07, 6.45) is 1.51. The maximum absolute atomic E-state index is 13.7. The van der Waals surface area contributed by atoms with Crippen LogP contribution in [0.15, 0.2) is 28.9 Å².